The summed E-state index contributed by atoms with van der Waals surface area (Å²) in [7, 11) is 1.91. The van der Waals surface area contributed by atoms with Gasteiger partial charge in [0.1, 0.15) is 23.8 Å². The van der Waals surface area contributed by atoms with E-state index in [0.717, 1.165) is 17.1 Å². The van der Waals surface area contributed by atoms with E-state index in [1.807, 2.05) is 22.4 Å². The molecule has 0 atom stereocenters. The van der Waals surface area contributed by atoms with Gasteiger partial charge in [0.05, 0.1) is 23.3 Å². The van der Waals surface area contributed by atoms with Crippen LogP contribution in [-0.2, 0) is 13.7 Å². The zero-order valence-electron chi connectivity index (χ0n) is 14.4. The molecule has 2 heterocycles. The third-order valence-corrected chi connectivity index (χ3v) is 3.94. The molecule has 0 saturated carbocycles. The predicted octanol–water partition coefficient (Wildman–Crippen LogP) is 2.96. The third-order valence-electron chi connectivity index (χ3n) is 3.94. The van der Waals surface area contributed by atoms with Crippen molar-refractivity contribution in [1.29, 1.82) is 0 Å². The number of benzene rings is 1. The van der Waals surface area contributed by atoms with Crippen LogP contribution in [0.3, 0.4) is 0 Å². The van der Waals surface area contributed by atoms with E-state index in [0.29, 0.717) is 12.0 Å². The summed E-state index contributed by atoms with van der Waals surface area (Å²) in [5, 5.41) is 14.1. The molecule has 0 saturated heterocycles. The van der Waals surface area contributed by atoms with E-state index in [-0.39, 0.29) is 24.0 Å². The molecule has 0 aliphatic carbocycles. The standard InChI is InChI=1S/C18H20N4O3/c1-12(2)22-15(7-8-20-22)18-14(19-11-21(18)3)10-25-17-6-4-5-16(24)13(17)9-23/h4-9,11-12,24H,10H2,1-3H3. The smallest absolute Gasteiger partial charge is 0.157 e. The van der Waals surface area contributed by atoms with Crippen molar-refractivity contribution in [2.45, 2.75) is 26.5 Å². The Morgan fingerprint density at radius 3 is 2.84 bits per heavy atom. The lowest BCUT2D eigenvalue weighted by Gasteiger charge is -2.13. The SMILES string of the molecule is CC(C)n1nccc1-c1c(COc2cccc(O)c2C=O)ncn1C. The molecule has 0 unspecified atom stereocenters. The average Bonchev–Trinajstić information content (AvgIpc) is 3.19. The van der Waals surface area contributed by atoms with Crippen LogP contribution in [0.5, 0.6) is 11.5 Å². The van der Waals surface area contributed by atoms with Crippen molar-refractivity contribution in [1.82, 2.24) is 19.3 Å². The Balaban J connectivity index is 1.92. The van der Waals surface area contributed by atoms with Crippen LogP contribution in [0.2, 0.25) is 0 Å². The second kappa shape index (κ2) is 6.80. The van der Waals surface area contributed by atoms with Gasteiger partial charge in [0.25, 0.3) is 0 Å². The molecule has 3 rings (SSSR count). The van der Waals surface area contributed by atoms with Gasteiger partial charge in [-0.05, 0) is 32.0 Å². The molecule has 1 N–H and O–H groups in total. The lowest BCUT2D eigenvalue weighted by atomic mass is 10.2. The summed E-state index contributed by atoms with van der Waals surface area (Å²) in [5.74, 6) is 0.218. The highest BCUT2D eigenvalue weighted by Crippen LogP contribution is 2.29. The number of phenols is 1. The first kappa shape index (κ1) is 16.8. The maximum Gasteiger partial charge on any atom is 0.157 e. The zero-order chi connectivity index (χ0) is 18.0. The normalized spacial score (nSPS) is 11.0. The molecular formula is C18H20N4O3. The van der Waals surface area contributed by atoms with E-state index < -0.39 is 0 Å². The molecule has 0 fully saturated rings. The largest absolute Gasteiger partial charge is 0.507 e. The summed E-state index contributed by atoms with van der Waals surface area (Å²) in [6.45, 7) is 4.29. The van der Waals surface area contributed by atoms with Crippen molar-refractivity contribution in [2.24, 2.45) is 7.05 Å². The van der Waals surface area contributed by atoms with Crippen molar-refractivity contribution >= 4 is 6.29 Å². The fourth-order valence-corrected chi connectivity index (χ4v) is 2.75. The van der Waals surface area contributed by atoms with Crippen LogP contribution in [0.15, 0.2) is 36.8 Å². The first-order valence-electron chi connectivity index (χ1n) is 7.97. The minimum absolute atomic E-state index is 0.105. The van der Waals surface area contributed by atoms with E-state index in [4.69, 9.17) is 4.74 Å². The number of aromatic hydroxyl groups is 1. The Morgan fingerprint density at radius 2 is 2.12 bits per heavy atom. The number of aryl methyl sites for hydroxylation is 1. The highest BCUT2D eigenvalue weighted by Gasteiger charge is 2.18. The van der Waals surface area contributed by atoms with Gasteiger partial charge in [0.2, 0.25) is 0 Å². The average molecular weight is 340 g/mol. The second-order valence-electron chi connectivity index (χ2n) is 6.00. The lowest BCUT2D eigenvalue weighted by molar-refractivity contribution is 0.111. The van der Waals surface area contributed by atoms with Gasteiger partial charge in [-0.2, -0.15) is 5.10 Å². The highest BCUT2D eigenvalue weighted by molar-refractivity contribution is 5.83. The van der Waals surface area contributed by atoms with Crippen LogP contribution in [0.4, 0.5) is 0 Å². The molecule has 0 aliphatic heterocycles. The van der Waals surface area contributed by atoms with Crippen molar-refractivity contribution in [3.63, 3.8) is 0 Å². The summed E-state index contributed by atoms with van der Waals surface area (Å²) in [6.07, 6.45) is 4.05. The predicted molar refractivity (Wildman–Crippen MR) is 92.6 cm³/mol. The van der Waals surface area contributed by atoms with Gasteiger partial charge in [0.15, 0.2) is 6.29 Å². The van der Waals surface area contributed by atoms with E-state index in [1.54, 1.807) is 24.7 Å². The van der Waals surface area contributed by atoms with Crippen LogP contribution in [0.1, 0.15) is 35.9 Å². The molecule has 0 bridgehead atoms. The monoisotopic (exact) mass is 340 g/mol. The van der Waals surface area contributed by atoms with E-state index in [2.05, 4.69) is 23.9 Å². The first-order valence-corrected chi connectivity index (χ1v) is 7.97. The molecule has 7 nitrogen and oxygen atoms in total. The number of aldehydes is 1. The van der Waals surface area contributed by atoms with Crippen molar-refractivity contribution in [3.8, 4) is 22.9 Å². The van der Waals surface area contributed by atoms with E-state index in [1.165, 1.54) is 6.07 Å². The molecule has 2 aromatic heterocycles. The molecular weight excluding hydrogens is 320 g/mol. The molecule has 0 amide bonds. The summed E-state index contributed by atoms with van der Waals surface area (Å²) < 4.78 is 9.59. The van der Waals surface area contributed by atoms with Crippen molar-refractivity contribution in [3.05, 3.63) is 48.0 Å². The van der Waals surface area contributed by atoms with Gasteiger partial charge in [-0.15, -0.1) is 0 Å². The van der Waals surface area contributed by atoms with Gasteiger partial charge in [0, 0.05) is 19.3 Å². The molecule has 3 aromatic rings. The van der Waals surface area contributed by atoms with Gasteiger partial charge in [-0.25, -0.2) is 4.98 Å². The third kappa shape index (κ3) is 3.13. The van der Waals surface area contributed by atoms with Crippen LogP contribution in [-0.4, -0.2) is 30.7 Å². The lowest BCUT2D eigenvalue weighted by Crippen LogP contribution is -2.08. The van der Waals surface area contributed by atoms with Gasteiger partial charge < -0.3 is 14.4 Å². The molecule has 0 radical (unpaired) electrons. The number of aromatic nitrogens is 4. The summed E-state index contributed by atoms with van der Waals surface area (Å²) in [6, 6.07) is 6.87. The van der Waals surface area contributed by atoms with Crippen molar-refractivity contribution < 1.29 is 14.6 Å². The fraction of sp³-hybridized carbons (Fsp3) is 0.278. The number of carbonyl (C=O) groups is 1. The number of carbonyl (C=O) groups excluding carboxylic acids is 1. The topological polar surface area (TPSA) is 82.2 Å². The highest BCUT2D eigenvalue weighted by atomic mass is 16.5. The minimum atomic E-state index is -0.105. The van der Waals surface area contributed by atoms with Gasteiger partial charge >= 0.3 is 0 Å². The van der Waals surface area contributed by atoms with Crippen LogP contribution < -0.4 is 4.74 Å². The molecule has 0 aliphatic rings. The summed E-state index contributed by atoms with van der Waals surface area (Å²) >= 11 is 0. The summed E-state index contributed by atoms with van der Waals surface area (Å²) in [4.78, 5) is 15.6. The quantitative estimate of drug-likeness (QED) is 0.698. The van der Waals surface area contributed by atoms with Crippen molar-refractivity contribution in [2.75, 3.05) is 0 Å². The van der Waals surface area contributed by atoms with Gasteiger partial charge in [-0.3, -0.25) is 9.48 Å². The summed E-state index contributed by atoms with van der Waals surface area (Å²) in [5.41, 5.74) is 2.71. The second-order valence-corrected chi connectivity index (χ2v) is 6.00. The number of hydrogen-bond acceptors (Lipinski definition) is 5. The molecule has 7 heteroatoms. The van der Waals surface area contributed by atoms with E-state index >= 15 is 0 Å². The fourth-order valence-electron chi connectivity index (χ4n) is 2.75. The number of imidazole rings is 1. The Labute approximate surface area is 145 Å². The number of nitrogens with zero attached hydrogens (tertiary/aromatic N) is 4. The molecule has 1 aromatic carbocycles. The Morgan fingerprint density at radius 1 is 1.32 bits per heavy atom. The first-order chi connectivity index (χ1) is 12.0. The van der Waals surface area contributed by atoms with Crippen LogP contribution in [0.25, 0.3) is 11.4 Å². The van der Waals surface area contributed by atoms with Crippen LogP contribution in [0, 0.1) is 0 Å². The minimum Gasteiger partial charge on any atom is -0.507 e. The van der Waals surface area contributed by atoms with Gasteiger partial charge in [-0.1, -0.05) is 6.07 Å². The maximum atomic E-state index is 11.2. The Hall–Kier alpha value is -3.09. The number of phenolic OH excluding ortho intramolecular Hbond substituents is 1. The zero-order valence-corrected chi connectivity index (χ0v) is 14.4. The molecule has 130 valence electrons. The van der Waals surface area contributed by atoms with E-state index in [9.17, 15) is 9.90 Å². The molecule has 25 heavy (non-hydrogen) atoms. The van der Waals surface area contributed by atoms with Crippen LogP contribution >= 0.6 is 0 Å². The number of ether oxygens (including phenoxy) is 1. The number of rotatable bonds is 6. The Bertz CT molecular complexity index is 896. The maximum absolute atomic E-state index is 11.2. The molecule has 0 spiro atoms. The Kier molecular flexibility index (Phi) is 4.56. The number of hydrogen-bond donors (Lipinski definition) is 1.